The molecule has 0 saturated heterocycles. The van der Waals surface area contributed by atoms with Gasteiger partial charge in [0, 0.05) is 37.0 Å². The van der Waals surface area contributed by atoms with Gasteiger partial charge in [-0.15, -0.1) is 0 Å². The monoisotopic (exact) mass is 456 g/mol. The average Bonchev–Trinajstić information content (AvgIpc) is 3.34. The van der Waals surface area contributed by atoms with Crippen LogP contribution in [0.15, 0.2) is 36.5 Å². The van der Waals surface area contributed by atoms with Crippen molar-refractivity contribution in [3.05, 3.63) is 70.6 Å². The third-order valence-electron chi connectivity index (χ3n) is 5.67. The quantitative estimate of drug-likeness (QED) is 0.426. The molecule has 172 valence electrons. The molecule has 0 spiro atoms. The first-order valence-electron chi connectivity index (χ1n) is 10.4. The van der Waals surface area contributed by atoms with Gasteiger partial charge in [-0.05, 0) is 51.1 Å². The SMILES string of the molecule is CCn1nc(C)c(CN(C)C(=O)c2cnn3c(C(F)F)cc(-c4ccc(F)cc4)nc23)c1C. The third-order valence-corrected chi connectivity index (χ3v) is 5.67. The summed E-state index contributed by atoms with van der Waals surface area (Å²) < 4.78 is 43.7. The van der Waals surface area contributed by atoms with Gasteiger partial charge < -0.3 is 4.90 Å². The number of benzene rings is 1. The van der Waals surface area contributed by atoms with Crippen molar-refractivity contribution in [2.24, 2.45) is 0 Å². The molecule has 0 atom stereocenters. The molecule has 0 saturated carbocycles. The molecule has 3 heterocycles. The molecule has 1 aromatic carbocycles. The zero-order valence-corrected chi connectivity index (χ0v) is 18.7. The fourth-order valence-corrected chi connectivity index (χ4v) is 3.85. The Kier molecular flexibility index (Phi) is 5.92. The summed E-state index contributed by atoms with van der Waals surface area (Å²) in [5, 5.41) is 8.48. The van der Waals surface area contributed by atoms with Crippen molar-refractivity contribution in [2.75, 3.05) is 7.05 Å². The van der Waals surface area contributed by atoms with Crippen LogP contribution in [0.5, 0.6) is 0 Å². The summed E-state index contributed by atoms with van der Waals surface area (Å²) in [7, 11) is 1.63. The summed E-state index contributed by atoms with van der Waals surface area (Å²) in [6.07, 6.45) is -1.60. The maximum Gasteiger partial charge on any atom is 0.280 e. The first-order chi connectivity index (χ1) is 15.7. The zero-order valence-electron chi connectivity index (χ0n) is 18.7. The Morgan fingerprint density at radius 3 is 2.48 bits per heavy atom. The fourth-order valence-electron chi connectivity index (χ4n) is 3.85. The van der Waals surface area contributed by atoms with Crippen LogP contribution >= 0.6 is 0 Å². The van der Waals surface area contributed by atoms with E-state index < -0.39 is 23.8 Å². The number of amides is 1. The molecular weight excluding hydrogens is 433 g/mol. The highest BCUT2D eigenvalue weighted by molar-refractivity contribution is 5.99. The van der Waals surface area contributed by atoms with Crippen LogP contribution in [-0.4, -0.2) is 42.2 Å². The first-order valence-corrected chi connectivity index (χ1v) is 10.4. The average molecular weight is 456 g/mol. The van der Waals surface area contributed by atoms with E-state index in [1.165, 1.54) is 41.4 Å². The van der Waals surface area contributed by atoms with E-state index in [1.807, 2.05) is 25.5 Å². The summed E-state index contributed by atoms with van der Waals surface area (Å²) in [5.41, 5.74) is 3.08. The van der Waals surface area contributed by atoms with Gasteiger partial charge in [-0.25, -0.2) is 22.7 Å². The van der Waals surface area contributed by atoms with E-state index in [0.717, 1.165) is 21.5 Å². The van der Waals surface area contributed by atoms with Crippen molar-refractivity contribution in [1.29, 1.82) is 0 Å². The lowest BCUT2D eigenvalue weighted by atomic mass is 10.1. The molecule has 0 N–H and O–H groups in total. The Balaban J connectivity index is 1.75. The van der Waals surface area contributed by atoms with Crippen molar-refractivity contribution in [1.82, 2.24) is 29.3 Å². The van der Waals surface area contributed by atoms with Gasteiger partial charge in [-0.3, -0.25) is 9.48 Å². The molecular formula is C23H23F3N6O. The smallest absolute Gasteiger partial charge is 0.280 e. The largest absolute Gasteiger partial charge is 0.337 e. The first kappa shape index (κ1) is 22.5. The van der Waals surface area contributed by atoms with Crippen LogP contribution in [0.3, 0.4) is 0 Å². The van der Waals surface area contributed by atoms with Crippen molar-refractivity contribution in [3.63, 3.8) is 0 Å². The molecule has 0 aliphatic carbocycles. The Hall–Kier alpha value is -3.69. The summed E-state index contributed by atoms with van der Waals surface area (Å²) in [5.74, 6) is -0.857. The molecule has 0 aliphatic rings. The fraction of sp³-hybridized carbons (Fsp3) is 0.304. The van der Waals surface area contributed by atoms with E-state index in [9.17, 15) is 18.0 Å². The van der Waals surface area contributed by atoms with E-state index >= 15 is 0 Å². The van der Waals surface area contributed by atoms with E-state index in [1.54, 1.807) is 7.05 Å². The normalized spacial score (nSPS) is 11.5. The second kappa shape index (κ2) is 8.68. The van der Waals surface area contributed by atoms with Crippen LogP contribution in [0.4, 0.5) is 13.2 Å². The predicted molar refractivity (Wildman–Crippen MR) is 117 cm³/mol. The number of carbonyl (C=O) groups is 1. The zero-order chi connectivity index (χ0) is 23.9. The van der Waals surface area contributed by atoms with Crippen molar-refractivity contribution in [3.8, 4) is 11.3 Å². The molecule has 33 heavy (non-hydrogen) atoms. The van der Waals surface area contributed by atoms with E-state index in [-0.39, 0.29) is 16.9 Å². The van der Waals surface area contributed by atoms with Crippen LogP contribution in [0.2, 0.25) is 0 Å². The third kappa shape index (κ3) is 4.08. The molecule has 0 radical (unpaired) electrons. The number of halogens is 3. The van der Waals surface area contributed by atoms with Crippen LogP contribution in [0, 0.1) is 19.7 Å². The minimum Gasteiger partial charge on any atom is -0.337 e. The van der Waals surface area contributed by atoms with E-state index in [4.69, 9.17) is 0 Å². The number of alkyl halides is 2. The lowest BCUT2D eigenvalue weighted by molar-refractivity contribution is 0.0786. The van der Waals surface area contributed by atoms with Crippen LogP contribution < -0.4 is 0 Å². The lowest BCUT2D eigenvalue weighted by Gasteiger charge is -2.17. The van der Waals surface area contributed by atoms with E-state index in [2.05, 4.69) is 15.2 Å². The molecule has 4 rings (SSSR count). The Morgan fingerprint density at radius 1 is 1.18 bits per heavy atom. The second-order valence-electron chi connectivity index (χ2n) is 7.79. The summed E-state index contributed by atoms with van der Waals surface area (Å²) >= 11 is 0. The summed E-state index contributed by atoms with van der Waals surface area (Å²) in [6.45, 7) is 6.83. The van der Waals surface area contributed by atoms with Gasteiger partial charge in [-0.2, -0.15) is 10.2 Å². The lowest BCUT2D eigenvalue weighted by Crippen LogP contribution is -2.27. The maximum atomic E-state index is 13.8. The molecule has 4 aromatic rings. The minimum absolute atomic E-state index is 0.0154. The standard InChI is InChI=1S/C23H23F3N6O/c1-5-31-14(3)18(13(2)29-31)12-30(4)23(33)17-11-27-32-20(21(25)26)10-19(28-22(17)32)15-6-8-16(24)9-7-15/h6-11,21H,5,12H2,1-4H3. The van der Waals surface area contributed by atoms with E-state index in [0.29, 0.717) is 18.7 Å². The van der Waals surface area contributed by atoms with Crippen molar-refractivity contribution >= 4 is 11.6 Å². The number of nitrogens with zero attached hydrogens (tertiary/aromatic N) is 6. The van der Waals surface area contributed by atoms with Gasteiger partial charge in [0.2, 0.25) is 0 Å². The van der Waals surface area contributed by atoms with Crippen LogP contribution in [-0.2, 0) is 13.1 Å². The molecule has 7 nitrogen and oxygen atoms in total. The number of rotatable bonds is 6. The van der Waals surface area contributed by atoms with Gasteiger partial charge in [0.15, 0.2) is 5.65 Å². The van der Waals surface area contributed by atoms with Gasteiger partial charge in [-0.1, -0.05) is 0 Å². The summed E-state index contributed by atoms with van der Waals surface area (Å²) in [4.78, 5) is 19.2. The molecule has 0 bridgehead atoms. The topological polar surface area (TPSA) is 68.3 Å². The second-order valence-corrected chi connectivity index (χ2v) is 7.79. The maximum absolute atomic E-state index is 13.8. The number of fused-ring (bicyclic) bond motifs is 1. The number of hydrogen-bond acceptors (Lipinski definition) is 4. The molecule has 3 aromatic heterocycles. The van der Waals surface area contributed by atoms with Gasteiger partial charge >= 0.3 is 0 Å². The Labute approximate surface area is 188 Å². The van der Waals surface area contributed by atoms with Crippen molar-refractivity contribution < 1.29 is 18.0 Å². The number of carbonyl (C=O) groups excluding carboxylic acids is 1. The Morgan fingerprint density at radius 2 is 1.88 bits per heavy atom. The van der Waals surface area contributed by atoms with Crippen LogP contribution in [0.1, 0.15) is 46.4 Å². The highest BCUT2D eigenvalue weighted by Gasteiger charge is 2.24. The Bertz CT molecular complexity index is 1330. The number of hydrogen-bond donors (Lipinski definition) is 0. The van der Waals surface area contributed by atoms with Crippen molar-refractivity contribution in [2.45, 2.75) is 40.3 Å². The van der Waals surface area contributed by atoms with Crippen LogP contribution in [0.25, 0.3) is 16.9 Å². The highest BCUT2D eigenvalue weighted by Crippen LogP contribution is 2.27. The molecule has 0 aliphatic heterocycles. The molecule has 0 unspecified atom stereocenters. The number of aromatic nitrogens is 5. The number of aryl methyl sites for hydroxylation is 2. The molecule has 10 heteroatoms. The molecule has 1 amide bonds. The van der Waals surface area contributed by atoms with Gasteiger partial charge in [0.1, 0.15) is 17.1 Å². The minimum atomic E-state index is -2.85. The van der Waals surface area contributed by atoms with Gasteiger partial charge in [0.05, 0.1) is 17.6 Å². The predicted octanol–water partition coefficient (Wildman–Crippen LogP) is 4.58. The highest BCUT2D eigenvalue weighted by atomic mass is 19.3. The van der Waals surface area contributed by atoms with Gasteiger partial charge in [0.25, 0.3) is 12.3 Å². The summed E-state index contributed by atoms with van der Waals surface area (Å²) in [6, 6.07) is 6.54. The molecule has 0 fully saturated rings.